The molecule has 6 heteroatoms. The van der Waals surface area contributed by atoms with E-state index in [4.69, 9.17) is 9.73 Å². The molecule has 1 atom stereocenters. The first kappa shape index (κ1) is 19.1. The van der Waals surface area contributed by atoms with E-state index in [0.29, 0.717) is 5.41 Å². The minimum Gasteiger partial charge on any atom is -0.381 e. The average molecular weight is 362 g/mol. The van der Waals surface area contributed by atoms with Gasteiger partial charge in [-0.15, -0.1) is 0 Å². The highest BCUT2D eigenvalue weighted by Crippen LogP contribution is 2.38. The van der Waals surface area contributed by atoms with Crippen LogP contribution >= 0.6 is 0 Å². The number of nitrogens with one attached hydrogen (secondary N) is 1. The van der Waals surface area contributed by atoms with Crippen molar-refractivity contribution in [3.63, 3.8) is 0 Å². The van der Waals surface area contributed by atoms with Crippen molar-refractivity contribution in [3.8, 4) is 0 Å². The Bertz CT molecular complexity index is 598. The number of nitrogens with zero attached hydrogens (tertiary/aromatic N) is 3. The number of benzene rings is 1. The second-order valence-corrected chi connectivity index (χ2v) is 7.57. The van der Waals surface area contributed by atoms with Crippen LogP contribution in [0.25, 0.3) is 0 Å². The second kappa shape index (κ2) is 8.82. The third-order valence-electron chi connectivity index (χ3n) is 5.37. The first-order chi connectivity index (χ1) is 12.6. The summed E-state index contributed by atoms with van der Waals surface area (Å²) in [5.74, 6) is 0.832. The first-order valence-corrected chi connectivity index (χ1v) is 9.64. The molecule has 1 aromatic carbocycles. The van der Waals surface area contributed by atoms with Crippen molar-refractivity contribution < 1.29 is 9.13 Å². The molecule has 0 bridgehead atoms. The van der Waals surface area contributed by atoms with Crippen molar-refractivity contribution in [1.82, 2.24) is 15.1 Å². The lowest BCUT2D eigenvalue weighted by Gasteiger charge is -2.25. The highest BCUT2D eigenvalue weighted by molar-refractivity contribution is 5.80. The van der Waals surface area contributed by atoms with Crippen LogP contribution in [0.2, 0.25) is 0 Å². The minimum absolute atomic E-state index is 0.188. The quantitative estimate of drug-likeness (QED) is 0.623. The molecule has 1 unspecified atom stereocenters. The van der Waals surface area contributed by atoms with Crippen LogP contribution in [-0.4, -0.2) is 68.7 Å². The number of ether oxygens (including phenoxy) is 1. The van der Waals surface area contributed by atoms with Gasteiger partial charge in [-0.3, -0.25) is 4.99 Å². The van der Waals surface area contributed by atoms with Gasteiger partial charge in [0.2, 0.25) is 0 Å². The number of hydrogen-bond donors (Lipinski definition) is 1. The van der Waals surface area contributed by atoms with Gasteiger partial charge in [-0.1, -0.05) is 12.1 Å². The number of hydrogen-bond acceptors (Lipinski definition) is 3. The molecular formula is C20H31FN4O. The third-order valence-corrected chi connectivity index (χ3v) is 5.37. The van der Waals surface area contributed by atoms with Crippen LogP contribution in [-0.2, 0) is 11.3 Å². The molecule has 26 heavy (non-hydrogen) atoms. The Kier molecular flexibility index (Phi) is 6.48. The van der Waals surface area contributed by atoms with Gasteiger partial charge < -0.3 is 19.9 Å². The smallest absolute Gasteiger partial charge is 0.193 e. The number of likely N-dealkylation sites (tertiary alicyclic amines) is 1. The van der Waals surface area contributed by atoms with Gasteiger partial charge in [-0.2, -0.15) is 0 Å². The van der Waals surface area contributed by atoms with Crippen molar-refractivity contribution in [2.75, 3.05) is 53.0 Å². The van der Waals surface area contributed by atoms with Crippen LogP contribution < -0.4 is 5.32 Å². The first-order valence-electron chi connectivity index (χ1n) is 9.64. The third kappa shape index (κ3) is 4.95. The van der Waals surface area contributed by atoms with Gasteiger partial charge in [-0.05, 0) is 44.5 Å². The Labute approximate surface area is 156 Å². The molecule has 144 valence electrons. The van der Waals surface area contributed by atoms with Crippen LogP contribution in [0.1, 0.15) is 25.3 Å². The number of rotatable bonds is 6. The predicted molar refractivity (Wildman–Crippen MR) is 103 cm³/mol. The number of guanidine groups is 1. The molecule has 5 nitrogen and oxygen atoms in total. The molecular weight excluding hydrogens is 331 g/mol. The zero-order valence-corrected chi connectivity index (χ0v) is 16.0. The fraction of sp³-hybridized carbons (Fsp3) is 0.650. The second-order valence-electron chi connectivity index (χ2n) is 7.57. The maximum Gasteiger partial charge on any atom is 0.193 e. The molecule has 2 aliphatic heterocycles. The maximum atomic E-state index is 13.0. The highest BCUT2D eigenvalue weighted by Gasteiger charge is 2.42. The van der Waals surface area contributed by atoms with Crippen LogP contribution in [0.5, 0.6) is 0 Å². The molecule has 3 rings (SSSR count). The molecule has 0 amide bonds. The molecule has 2 aliphatic rings. The normalized spacial score (nSPS) is 23.4. The zero-order valence-electron chi connectivity index (χ0n) is 16.0. The number of likely N-dealkylation sites (N-methyl/N-ethyl adjacent to an activating group) is 1. The molecule has 0 saturated carbocycles. The molecule has 0 aromatic heterocycles. The van der Waals surface area contributed by atoms with E-state index in [1.165, 1.54) is 25.0 Å². The fourth-order valence-corrected chi connectivity index (χ4v) is 3.82. The summed E-state index contributed by atoms with van der Waals surface area (Å²) in [7, 11) is 2.08. The van der Waals surface area contributed by atoms with Gasteiger partial charge in [0.05, 0.1) is 13.2 Å². The van der Waals surface area contributed by atoms with Crippen molar-refractivity contribution in [3.05, 3.63) is 35.6 Å². The van der Waals surface area contributed by atoms with E-state index in [0.717, 1.165) is 64.0 Å². The van der Waals surface area contributed by atoms with Crippen LogP contribution in [0.15, 0.2) is 29.3 Å². The summed E-state index contributed by atoms with van der Waals surface area (Å²) in [6.45, 7) is 9.31. The topological polar surface area (TPSA) is 40.1 Å². The van der Waals surface area contributed by atoms with Crippen molar-refractivity contribution in [1.29, 1.82) is 0 Å². The molecule has 1 spiro atoms. The molecule has 0 aliphatic carbocycles. The van der Waals surface area contributed by atoms with Crippen LogP contribution in [0.3, 0.4) is 0 Å². The van der Waals surface area contributed by atoms with Gasteiger partial charge in [0.1, 0.15) is 5.82 Å². The van der Waals surface area contributed by atoms with E-state index in [-0.39, 0.29) is 5.82 Å². The summed E-state index contributed by atoms with van der Waals surface area (Å²) in [6, 6.07) is 6.71. The summed E-state index contributed by atoms with van der Waals surface area (Å²) in [5.41, 5.74) is 1.46. The van der Waals surface area contributed by atoms with E-state index < -0.39 is 0 Å². The standard InChI is InChI=1S/C20H31FN4O/c1-3-22-19(25-11-8-20(15-25)9-13-26-16-20)23-10-12-24(2)14-17-4-6-18(21)7-5-17/h4-7H,3,8-16H2,1-2H3,(H,22,23). The predicted octanol–water partition coefficient (Wildman–Crippen LogP) is 2.34. The van der Waals surface area contributed by atoms with E-state index in [9.17, 15) is 4.39 Å². The van der Waals surface area contributed by atoms with Crippen LogP contribution in [0.4, 0.5) is 4.39 Å². The molecule has 2 fully saturated rings. The molecule has 1 N–H and O–H groups in total. The van der Waals surface area contributed by atoms with Gasteiger partial charge in [-0.25, -0.2) is 4.39 Å². The van der Waals surface area contributed by atoms with Gasteiger partial charge >= 0.3 is 0 Å². The SMILES string of the molecule is CCNC(=NCCN(C)Cc1ccc(F)cc1)N1CCC2(CCOC2)C1. The zero-order chi connectivity index (χ0) is 18.4. The van der Waals surface area contributed by atoms with Gasteiger partial charge in [0, 0.05) is 44.7 Å². The minimum atomic E-state index is -0.188. The van der Waals surface area contributed by atoms with E-state index >= 15 is 0 Å². The summed E-state index contributed by atoms with van der Waals surface area (Å²) >= 11 is 0. The molecule has 2 heterocycles. The maximum absolute atomic E-state index is 13.0. The molecule has 2 saturated heterocycles. The Morgan fingerprint density at radius 1 is 1.35 bits per heavy atom. The van der Waals surface area contributed by atoms with E-state index in [1.807, 2.05) is 12.1 Å². The largest absolute Gasteiger partial charge is 0.381 e. The fourth-order valence-electron chi connectivity index (χ4n) is 3.82. The van der Waals surface area contributed by atoms with Crippen LogP contribution in [0, 0.1) is 11.2 Å². The average Bonchev–Trinajstić information content (AvgIpc) is 3.26. The Morgan fingerprint density at radius 2 is 2.15 bits per heavy atom. The monoisotopic (exact) mass is 362 g/mol. The van der Waals surface area contributed by atoms with E-state index in [2.05, 4.69) is 29.1 Å². The Balaban J connectivity index is 1.50. The Hall–Kier alpha value is -1.66. The van der Waals surface area contributed by atoms with Crippen molar-refractivity contribution in [2.24, 2.45) is 10.4 Å². The summed E-state index contributed by atoms with van der Waals surface area (Å²) in [5, 5.41) is 3.44. The van der Waals surface area contributed by atoms with Gasteiger partial charge in [0.15, 0.2) is 5.96 Å². The lowest BCUT2D eigenvalue weighted by molar-refractivity contribution is 0.156. The lowest BCUT2D eigenvalue weighted by atomic mass is 9.87. The Morgan fingerprint density at radius 3 is 2.85 bits per heavy atom. The number of aliphatic imine (C=N–C) groups is 1. The summed E-state index contributed by atoms with van der Waals surface area (Å²) in [6.07, 6.45) is 2.37. The van der Waals surface area contributed by atoms with Crippen molar-refractivity contribution >= 4 is 5.96 Å². The molecule has 0 radical (unpaired) electrons. The molecule has 1 aromatic rings. The number of halogens is 1. The van der Waals surface area contributed by atoms with Crippen molar-refractivity contribution in [2.45, 2.75) is 26.3 Å². The summed E-state index contributed by atoms with van der Waals surface area (Å²) < 4.78 is 18.6. The van der Waals surface area contributed by atoms with Gasteiger partial charge in [0.25, 0.3) is 0 Å². The summed E-state index contributed by atoms with van der Waals surface area (Å²) in [4.78, 5) is 9.44. The lowest BCUT2D eigenvalue weighted by Crippen LogP contribution is -2.41. The highest BCUT2D eigenvalue weighted by atomic mass is 19.1. The van der Waals surface area contributed by atoms with E-state index in [1.54, 1.807) is 0 Å².